The van der Waals surface area contributed by atoms with Gasteiger partial charge in [-0.1, -0.05) is 75.9 Å². The number of hydrogen-bond acceptors (Lipinski definition) is 4. The smallest absolute Gasteiger partial charge is 0.253 e. The Morgan fingerprint density at radius 1 is 0.952 bits per heavy atom. The minimum atomic E-state index is -0.430. The molecule has 1 saturated carbocycles. The molecule has 1 aliphatic rings. The second-order valence-electron chi connectivity index (χ2n) is 12.2. The molecule has 0 aromatic heterocycles. The molecule has 3 rings (SSSR count). The van der Waals surface area contributed by atoms with Crippen LogP contribution >= 0.6 is 0 Å². The molecule has 0 bridgehead atoms. The lowest BCUT2D eigenvalue weighted by Crippen LogP contribution is -2.50. The molecule has 2 aromatic carbocycles. The molecule has 42 heavy (non-hydrogen) atoms. The van der Waals surface area contributed by atoms with Gasteiger partial charge in [0.1, 0.15) is 0 Å². The summed E-state index contributed by atoms with van der Waals surface area (Å²) in [7, 11) is 0. The van der Waals surface area contributed by atoms with Gasteiger partial charge in [0.15, 0.2) is 0 Å². The zero-order chi connectivity index (χ0) is 30.5. The van der Waals surface area contributed by atoms with Crippen molar-refractivity contribution in [3.8, 4) is 0 Å². The van der Waals surface area contributed by atoms with Crippen molar-refractivity contribution in [3.63, 3.8) is 0 Å². The maximum atomic E-state index is 13.5. The Labute approximate surface area is 253 Å². The van der Waals surface area contributed by atoms with Crippen LogP contribution in [0.2, 0.25) is 0 Å². The number of amides is 3. The van der Waals surface area contributed by atoms with Gasteiger partial charge in [0.2, 0.25) is 5.91 Å². The average Bonchev–Trinajstić information content (AvgIpc) is 3.00. The van der Waals surface area contributed by atoms with E-state index >= 15 is 0 Å². The normalized spacial score (nSPS) is 15.8. The van der Waals surface area contributed by atoms with E-state index in [2.05, 4.69) is 48.7 Å². The van der Waals surface area contributed by atoms with Crippen LogP contribution in [0.15, 0.2) is 48.5 Å². The van der Waals surface area contributed by atoms with Gasteiger partial charge in [0.05, 0.1) is 0 Å². The lowest BCUT2D eigenvalue weighted by atomic mass is 9.89. The molecule has 7 nitrogen and oxygen atoms in total. The first-order valence-corrected chi connectivity index (χ1v) is 16.0. The standard InChI is InChI=1S/C35H52N4O3/c1-5-19-39(20-6-2)35(42)30-14-10-13-29(23-30)34(41)38-32(22-27-17-15-25(3)16-18-27)31(36)21-26(4)33(40)37-24-28-11-8-7-9-12-28/h10,13-18,23,26,28,31-32H,5-9,11-12,19-22,24,36H2,1-4H3,(H,37,40)(H,38,41)/t26-,31+,32+/m1/s1. The van der Waals surface area contributed by atoms with Crippen molar-refractivity contribution in [2.75, 3.05) is 19.6 Å². The first kappa shape index (κ1) is 33.3. The van der Waals surface area contributed by atoms with Gasteiger partial charge in [-0.25, -0.2) is 0 Å². The summed E-state index contributed by atoms with van der Waals surface area (Å²) in [6.45, 7) is 10.2. The molecule has 1 fully saturated rings. The number of carbonyl (C=O) groups excluding carboxylic acids is 3. The molecule has 0 aliphatic heterocycles. The third-order valence-corrected chi connectivity index (χ3v) is 8.42. The van der Waals surface area contributed by atoms with Crippen LogP contribution in [0.1, 0.15) is 104 Å². The fraction of sp³-hybridized carbons (Fsp3) is 0.571. The highest BCUT2D eigenvalue weighted by molar-refractivity contribution is 5.99. The Morgan fingerprint density at radius 3 is 2.24 bits per heavy atom. The van der Waals surface area contributed by atoms with E-state index in [-0.39, 0.29) is 29.7 Å². The fourth-order valence-electron chi connectivity index (χ4n) is 5.86. The van der Waals surface area contributed by atoms with Crippen molar-refractivity contribution in [3.05, 3.63) is 70.8 Å². The molecule has 7 heteroatoms. The first-order chi connectivity index (χ1) is 20.2. The van der Waals surface area contributed by atoms with E-state index < -0.39 is 6.04 Å². The molecule has 4 N–H and O–H groups in total. The Bertz CT molecular complexity index is 1140. The quantitative estimate of drug-likeness (QED) is 0.255. The van der Waals surface area contributed by atoms with E-state index in [0.717, 1.165) is 30.5 Å². The summed E-state index contributed by atoms with van der Waals surface area (Å²) < 4.78 is 0. The maximum absolute atomic E-state index is 13.5. The van der Waals surface area contributed by atoms with Crippen molar-refractivity contribution >= 4 is 17.7 Å². The van der Waals surface area contributed by atoms with Gasteiger partial charge in [-0.15, -0.1) is 0 Å². The van der Waals surface area contributed by atoms with E-state index in [1.807, 2.05) is 18.7 Å². The fourth-order valence-corrected chi connectivity index (χ4v) is 5.86. The third-order valence-electron chi connectivity index (χ3n) is 8.42. The highest BCUT2D eigenvalue weighted by atomic mass is 16.2. The number of benzene rings is 2. The molecule has 3 amide bonds. The summed E-state index contributed by atoms with van der Waals surface area (Å²) in [5, 5.41) is 6.29. The van der Waals surface area contributed by atoms with Gasteiger partial charge < -0.3 is 21.3 Å². The number of nitrogens with one attached hydrogen (secondary N) is 2. The summed E-state index contributed by atoms with van der Waals surface area (Å²) >= 11 is 0. The monoisotopic (exact) mass is 576 g/mol. The van der Waals surface area contributed by atoms with Crippen molar-refractivity contribution in [1.29, 1.82) is 0 Å². The number of nitrogens with zero attached hydrogens (tertiary/aromatic N) is 1. The van der Waals surface area contributed by atoms with Crippen LogP contribution in [0.4, 0.5) is 0 Å². The second-order valence-corrected chi connectivity index (χ2v) is 12.2. The molecule has 0 heterocycles. The van der Waals surface area contributed by atoms with Crippen LogP contribution in [0.25, 0.3) is 0 Å². The SMILES string of the molecule is CCCN(CCC)C(=O)c1cccc(C(=O)N[C@@H](Cc2ccc(C)cc2)[C@@H](N)C[C@@H](C)C(=O)NCC2CCCCC2)c1. The minimum absolute atomic E-state index is 0.0198. The summed E-state index contributed by atoms with van der Waals surface area (Å²) in [6, 6.07) is 14.3. The van der Waals surface area contributed by atoms with Crippen molar-refractivity contribution in [2.24, 2.45) is 17.6 Å². The molecule has 0 saturated heterocycles. The van der Waals surface area contributed by atoms with Gasteiger partial charge >= 0.3 is 0 Å². The predicted octanol–water partition coefficient (Wildman–Crippen LogP) is 5.65. The molecule has 3 atom stereocenters. The van der Waals surface area contributed by atoms with E-state index in [9.17, 15) is 14.4 Å². The number of rotatable bonds is 15. The zero-order valence-electron chi connectivity index (χ0n) is 26.2. The van der Waals surface area contributed by atoms with Crippen LogP contribution in [-0.2, 0) is 11.2 Å². The Hall–Kier alpha value is -3.19. The second kappa shape index (κ2) is 17.1. The molecular formula is C35H52N4O3. The largest absolute Gasteiger partial charge is 0.356 e. The Kier molecular flexibility index (Phi) is 13.5. The molecule has 0 spiro atoms. The van der Waals surface area contributed by atoms with Gasteiger partial charge in [0.25, 0.3) is 11.8 Å². The third kappa shape index (κ3) is 10.3. The topological polar surface area (TPSA) is 105 Å². The van der Waals surface area contributed by atoms with Crippen LogP contribution in [0.5, 0.6) is 0 Å². The highest BCUT2D eigenvalue weighted by Gasteiger charge is 2.26. The molecule has 1 aliphatic carbocycles. The molecule has 2 aromatic rings. The van der Waals surface area contributed by atoms with Gasteiger partial charge in [-0.05, 0) is 75.1 Å². The zero-order valence-corrected chi connectivity index (χ0v) is 26.2. The van der Waals surface area contributed by atoms with E-state index in [4.69, 9.17) is 5.73 Å². The van der Waals surface area contributed by atoms with E-state index in [0.29, 0.717) is 43.0 Å². The number of aryl methyl sites for hydroxylation is 1. The summed E-state index contributed by atoms with van der Waals surface area (Å²) in [5.41, 5.74) is 9.88. The lowest BCUT2D eigenvalue weighted by molar-refractivity contribution is -0.125. The first-order valence-electron chi connectivity index (χ1n) is 16.0. The minimum Gasteiger partial charge on any atom is -0.356 e. The summed E-state index contributed by atoms with van der Waals surface area (Å²) in [4.78, 5) is 41.5. The predicted molar refractivity (Wildman–Crippen MR) is 170 cm³/mol. The van der Waals surface area contributed by atoms with Crippen molar-refractivity contribution < 1.29 is 14.4 Å². The Morgan fingerprint density at radius 2 is 1.60 bits per heavy atom. The molecule has 0 unspecified atom stereocenters. The Balaban J connectivity index is 1.71. The molecule has 230 valence electrons. The van der Waals surface area contributed by atoms with Gasteiger partial charge in [-0.3, -0.25) is 14.4 Å². The average molecular weight is 577 g/mol. The number of nitrogens with two attached hydrogens (primary N) is 1. The van der Waals surface area contributed by atoms with Crippen molar-refractivity contribution in [2.45, 2.75) is 97.6 Å². The number of carbonyl (C=O) groups is 3. The van der Waals surface area contributed by atoms with Gasteiger partial charge in [-0.2, -0.15) is 0 Å². The molecular weight excluding hydrogens is 524 g/mol. The van der Waals surface area contributed by atoms with Crippen LogP contribution in [0.3, 0.4) is 0 Å². The van der Waals surface area contributed by atoms with Crippen LogP contribution in [-0.4, -0.2) is 54.3 Å². The maximum Gasteiger partial charge on any atom is 0.253 e. The summed E-state index contributed by atoms with van der Waals surface area (Å²) in [6.07, 6.45) is 8.89. The van der Waals surface area contributed by atoms with Gasteiger partial charge in [0, 0.05) is 48.8 Å². The highest BCUT2D eigenvalue weighted by Crippen LogP contribution is 2.23. The summed E-state index contributed by atoms with van der Waals surface area (Å²) in [5.74, 6) is -0.0225. The van der Waals surface area contributed by atoms with E-state index in [1.165, 1.54) is 32.1 Å². The van der Waals surface area contributed by atoms with Crippen LogP contribution < -0.4 is 16.4 Å². The lowest BCUT2D eigenvalue weighted by Gasteiger charge is -2.28. The van der Waals surface area contributed by atoms with E-state index in [1.54, 1.807) is 24.3 Å². The van der Waals surface area contributed by atoms with Crippen LogP contribution in [0, 0.1) is 18.8 Å². The van der Waals surface area contributed by atoms with Crippen molar-refractivity contribution in [1.82, 2.24) is 15.5 Å². The number of hydrogen-bond donors (Lipinski definition) is 3. The molecule has 0 radical (unpaired) electrons.